The molecule has 1 aliphatic heterocycles. The lowest BCUT2D eigenvalue weighted by atomic mass is 10.0. The van der Waals surface area contributed by atoms with Crippen LogP contribution in [0.15, 0.2) is 42.5 Å². The van der Waals surface area contributed by atoms with Gasteiger partial charge in [-0.25, -0.2) is 8.78 Å². The second kappa shape index (κ2) is 5.37. The van der Waals surface area contributed by atoms with E-state index in [0.717, 1.165) is 12.1 Å². The molecule has 0 saturated heterocycles. The number of ketones is 1. The van der Waals surface area contributed by atoms with Gasteiger partial charge in [0.25, 0.3) is 0 Å². The summed E-state index contributed by atoms with van der Waals surface area (Å²) >= 11 is 0. The molecular weight excluding hydrogens is 272 g/mol. The highest BCUT2D eigenvalue weighted by molar-refractivity contribution is 6.00. The second-order valence-corrected chi connectivity index (χ2v) is 5.34. The molecule has 3 rings (SSSR count). The Bertz CT molecular complexity index is 674. The minimum atomic E-state index is -0.802. The van der Waals surface area contributed by atoms with Gasteiger partial charge >= 0.3 is 0 Å². The predicted molar refractivity (Wildman–Crippen MR) is 75.8 cm³/mol. The van der Waals surface area contributed by atoms with Crippen molar-refractivity contribution in [2.75, 3.05) is 0 Å². The Kier molecular flexibility index (Phi) is 3.55. The molecule has 21 heavy (non-hydrogen) atoms. The Labute approximate surface area is 122 Å². The molecule has 0 amide bonds. The molecule has 0 aromatic heterocycles. The number of carbonyl (C=O) groups excluding carboxylic acids is 1. The third-order valence-electron chi connectivity index (χ3n) is 3.99. The van der Waals surface area contributed by atoms with E-state index in [0.29, 0.717) is 13.1 Å². The molecule has 1 aliphatic rings. The van der Waals surface area contributed by atoms with Crippen LogP contribution in [0.3, 0.4) is 0 Å². The van der Waals surface area contributed by atoms with Crippen LogP contribution in [0.2, 0.25) is 0 Å². The van der Waals surface area contributed by atoms with Crippen LogP contribution >= 0.6 is 0 Å². The van der Waals surface area contributed by atoms with Gasteiger partial charge in [-0.1, -0.05) is 24.3 Å². The summed E-state index contributed by atoms with van der Waals surface area (Å²) < 4.78 is 26.7. The van der Waals surface area contributed by atoms with Crippen LogP contribution in [0.4, 0.5) is 8.78 Å². The number of Topliss-reactive ketones (excluding diaryl/α,β-unsaturated/α-hetero) is 1. The third kappa shape index (κ3) is 2.59. The molecule has 4 heteroatoms. The zero-order valence-electron chi connectivity index (χ0n) is 11.6. The van der Waals surface area contributed by atoms with Crippen molar-refractivity contribution in [1.82, 2.24) is 4.90 Å². The largest absolute Gasteiger partial charge is 0.292 e. The molecule has 108 valence electrons. The molecule has 2 aromatic carbocycles. The molecule has 1 atom stereocenters. The first-order chi connectivity index (χ1) is 10.1. The average Bonchev–Trinajstić information content (AvgIpc) is 2.89. The smallest absolute Gasteiger partial charge is 0.182 e. The molecule has 0 aliphatic carbocycles. The maximum atomic E-state index is 13.7. The normalized spacial score (nSPS) is 15.8. The van der Waals surface area contributed by atoms with Crippen LogP contribution < -0.4 is 0 Å². The Balaban J connectivity index is 1.80. The van der Waals surface area contributed by atoms with E-state index in [1.54, 1.807) is 6.92 Å². The Morgan fingerprint density at radius 3 is 2.29 bits per heavy atom. The van der Waals surface area contributed by atoms with Gasteiger partial charge in [-0.3, -0.25) is 9.69 Å². The lowest BCUT2D eigenvalue weighted by molar-refractivity contribution is 0.0831. The Morgan fingerprint density at radius 2 is 1.71 bits per heavy atom. The van der Waals surface area contributed by atoms with Gasteiger partial charge in [-0.05, 0) is 30.2 Å². The van der Waals surface area contributed by atoms with E-state index in [-0.39, 0.29) is 11.3 Å². The molecule has 2 aromatic rings. The Morgan fingerprint density at radius 1 is 1.10 bits per heavy atom. The SMILES string of the molecule is CC(C(=O)c1ccc(F)cc1F)N1Cc2ccccc2C1. The van der Waals surface area contributed by atoms with E-state index in [2.05, 4.69) is 0 Å². The predicted octanol–water partition coefficient (Wildman–Crippen LogP) is 3.55. The van der Waals surface area contributed by atoms with E-state index in [1.807, 2.05) is 29.2 Å². The van der Waals surface area contributed by atoms with Crippen LogP contribution in [0, 0.1) is 11.6 Å². The standard InChI is InChI=1S/C17H15F2NO/c1-11(17(21)15-7-6-14(18)8-16(15)19)20-9-12-4-2-3-5-13(12)10-20/h2-8,11H,9-10H2,1H3. The second-order valence-electron chi connectivity index (χ2n) is 5.34. The monoisotopic (exact) mass is 287 g/mol. The highest BCUT2D eigenvalue weighted by Crippen LogP contribution is 2.25. The summed E-state index contributed by atoms with van der Waals surface area (Å²) in [6.45, 7) is 3.11. The van der Waals surface area contributed by atoms with Gasteiger partial charge in [0.05, 0.1) is 11.6 Å². The maximum absolute atomic E-state index is 13.7. The van der Waals surface area contributed by atoms with E-state index in [9.17, 15) is 13.6 Å². The molecular formula is C17H15F2NO. The van der Waals surface area contributed by atoms with E-state index in [1.165, 1.54) is 17.2 Å². The first-order valence-electron chi connectivity index (χ1n) is 6.86. The Hall–Kier alpha value is -2.07. The first-order valence-corrected chi connectivity index (χ1v) is 6.86. The summed E-state index contributed by atoms with van der Waals surface area (Å²) in [7, 11) is 0. The molecule has 1 heterocycles. The van der Waals surface area contributed by atoms with Crippen LogP contribution in [-0.4, -0.2) is 16.7 Å². The van der Waals surface area contributed by atoms with Crippen molar-refractivity contribution in [3.05, 3.63) is 70.8 Å². The number of hydrogen-bond donors (Lipinski definition) is 0. The molecule has 1 unspecified atom stereocenters. The zero-order valence-corrected chi connectivity index (χ0v) is 11.6. The fourth-order valence-electron chi connectivity index (χ4n) is 2.71. The van der Waals surface area contributed by atoms with Crippen molar-refractivity contribution in [1.29, 1.82) is 0 Å². The number of nitrogens with zero attached hydrogens (tertiary/aromatic N) is 1. The van der Waals surface area contributed by atoms with Crippen LogP contribution in [-0.2, 0) is 13.1 Å². The van der Waals surface area contributed by atoms with Gasteiger partial charge in [0.2, 0.25) is 0 Å². The summed E-state index contributed by atoms with van der Waals surface area (Å²) in [5.74, 6) is -1.80. The van der Waals surface area contributed by atoms with Gasteiger partial charge in [0.1, 0.15) is 11.6 Å². The summed E-state index contributed by atoms with van der Waals surface area (Å²) in [6.07, 6.45) is 0. The summed E-state index contributed by atoms with van der Waals surface area (Å²) in [5, 5.41) is 0. The van der Waals surface area contributed by atoms with Crippen molar-refractivity contribution in [3.8, 4) is 0 Å². The van der Waals surface area contributed by atoms with Crippen LogP contribution in [0.25, 0.3) is 0 Å². The van der Waals surface area contributed by atoms with Gasteiger partial charge in [0, 0.05) is 19.2 Å². The van der Waals surface area contributed by atoms with Crippen LogP contribution in [0.5, 0.6) is 0 Å². The maximum Gasteiger partial charge on any atom is 0.182 e. The fourth-order valence-corrected chi connectivity index (χ4v) is 2.71. The van der Waals surface area contributed by atoms with E-state index >= 15 is 0 Å². The van der Waals surface area contributed by atoms with Crippen molar-refractivity contribution < 1.29 is 13.6 Å². The van der Waals surface area contributed by atoms with Gasteiger partial charge in [0.15, 0.2) is 5.78 Å². The van der Waals surface area contributed by atoms with Gasteiger partial charge < -0.3 is 0 Å². The summed E-state index contributed by atoms with van der Waals surface area (Å²) in [4.78, 5) is 14.4. The van der Waals surface area contributed by atoms with Crippen molar-refractivity contribution in [2.24, 2.45) is 0 Å². The number of fused-ring (bicyclic) bond motifs is 1. The molecule has 2 nitrogen and oxygen atoms in total. The van der Waals surface area contributed by atoms with Gasteiger partial charge in [-0.15, -0.1) is 0 Å². The van der Waals surface area contributed by atoms with Gasteiger partial charge in [-0.2, -0.15) is 0 Å². The number of halogens is 2. The molecule has 0 spiro atoms. The number of rotatable bonds is 3. The topological polar surface area (TPSA) is 20.3 Å². The number of benzene rings is 2. The quantitative estimate of drug-likeness (QED) is 0.805. The molecule has 0 fully saturated rings. The van der Waals surface area contributed by atoms with Crippen molar-refractivity contribution >= 4 is 5.78 Å². The molecule has 0 N–H and O–H groups in total. The average molecular weight is 287 g/mol. The highest BCUT2D eigenvalue weighted by atomic mass is 19.1. The molecule has 0 saturated carbocycles. The number of hydrogen-bond acceptors (Lipinski definition) is 2. The lowest BCUT2D eigenvalue weighted by Crippen LogP contribution is -2.35. The number of carbonyl (C=O) groups is 1. The van der Waals surface area contributed by atoms with E-state index in [4.69, 9.17) is 0 Å². The van der Waals surface area contributed by atoms with E-state index < -0.39 is 17.7 Å². The third-order valence-corrected chi connectivity index (χ3v) is 3.99. The van der Waals surface area contributed by atoms with Crippen molar-refractivity contribution in [3.63, 3.8) is 0 Å². The minimum Gasteiger partial charge on any atom is -0.292 e. The lowest BCUT2D eigenvalue weighted by Gasteiger charge is -2.22. The highest BCUT2D eigenvalue weighted by Gasteiger charge is 2.29. The summed E-state index contributed by atoms with van der Waals surface area (Å²) in [6, 6.07) is 10.6. The summed E-state index contributed by atoms with van der Waals surface area (Å²) in [5.41, 5.74) is 2.33. The van der Waals surface area contributed by atoms with Crippen molar-refractivity contribution in [2.45, 2.75) is 26.1 Å². The first kappa shape index (κ1) is 13.9. The molecule has 0 radical (unpaired) electrons. The molecule has 0 bridgehead atoms. The van der Waals surface area contributed by atoms with Crippen LogP contribution in [0.1, 0.15) is 28.4 Å². The fraction of sp³-hybridized carbons (Fsp3) is 0.235. The zero-order chi connectivity index (χ0) is 15.0. The minimum absolute atomic E-state index is 0.0557.